The van der Waals surface area contributed by atoms with Gasteiger partial charge in [0, 0.05) is 33.6 Å². The number of para-hydroxylation sites is 1. The van der Waals surface area contributed by atoms with Crippen molar-refractivity contribution in [1.82, 2.24) is 9.88 Å². The molecule has 4 heteroatoms. The Kier molecular flexibility index (Phi) is 5.07. The first kappa shape index (κ1) is 19.9. The third-order valence-electron chi connectivity index (χ3n) is 6.16. The largest absolute Gasteiger partial charge is 0.354 e. The van der Waals surface area contributed by atoms with Crippen LogP contribution in [0.4, 0.5) is 0 Å². The summed E-state index contributed by atoms with van der Waals surface area (Å²) in [6.45, 7) is 5.14. The molecule has 2 heterocycles. The molecule has 0 fully saturated rings. The normalized spacial score (nSPS) is 15.8. The summed E-state index contributed by atoms with van der Waals surface area (Å²) in [6.07, 6.45) is 0.967. The Labute approximate surface area is 187 Å². The number of nitrogens with zero attached hydrogens (tertiary/aromatic N) is 1. The fourth-order valence-electron chi connectivity index (χ4n) is 4.60. The molecule has 4 aromatic rings. The average Bonchev–Trinajstić information content (AvgIpc) is 3.28. The quantitative estimate of drug-likeness (QED) is 0.362. The number of carbonyl (C=O) groups excluding carboxylic acids is 1. The number of rotatable bonds is 5. The molecule has 3 aromatic carbocycles. The van der Waals surface area contributed by atoms with Crippen molar-refractivity contribution < 1.29 is 4.79 Å². The highest BCUT2D eigenvalue weighted by Gasteiger charge is 2.39. The maximum atomic E-state index is 13.4. The number of nitrogens with one attached hydrogen (secondary N) is 1. The lowest BCUT2D eigenvalue weighted by atomic mass is 9.93. The van der Waals surface area contributed by atoms with E-state index >= 15 is 0 Å². The van der Waals surface area contributed by atoms with Gasteiger partial charge in [-0.05, 0) is 47.7 Å². The number of fused-ring (bicyclic) bond motifs is 2. The summed E-state index contributed by atoms with van der Waals surface area (Å²) in [6, 6.07) is 24.2. The number of benzene rings is 3. The molecule has 0 saturated carbocycles. The summed E-state index contributed by atoms with van der Waals surface area (Å²) in [5.41, 5.74) is 6.22. The standard InChI is InChI=1S/C27H25ClN2O/c1-17(2)15-16-30-26(20-7-3-4-8-21(20)27(30)31)24-22-9-5-6-10-23(22)29-25(24)18-11-13-19(28)14-12-18/h3-14,17,26,29H,15-16H2,1-2H3/t26-/m0/s1. The van der Waals surface area contributed by atoms with Gasteiger partial charge in [-0.15, -0.1) is 0 Å². The molecule has 31 heavy (non-hydrogen) atoms. The molecule has 1 atom stereocenters. The number of aromatic nitrogens is 1. The minimum atomic E-state index is -0.121. The zero-order valence-electron chi connectivity index (χ0n) is 17.7. The molecule has 0 saturated heterocycles. The SMILES string of the molecule is CC(C)CCN1C(=O)c2ccccc2[C@H]1c1c(-c2ccc(Cl)cc2)[nH]c2ccccc12. The average molecular weight is 429 g/mol. The molecule has 1 amide bonds. The molecule has 1 N–H and O–H groups in total. The van der Waals surface area contributed by atoms with E-state index in [0.717, 1.165) is 51.8 Å². The monoisotopic (exact) mass is 428 g/mol. The van der Waals surface area contributed by atoms with Crippen LogP contribution in [0, 0.1) is 5.92 Å². The van der Waals surface area contributed by atoms with Crippen LogP contribution >= 0.6 is 11.6 Å². The lowest BCUT2D eigenvalue weighted by molar-refractivity contribution is 0.0743. The maximum Gasteiger partial charge on any atom is 0.255 e. The Morgan fingerprint density at radius 3 is 2.45 bits per heavy atom. The zero-order valence-corrected chi connectivity index (χ0v) is 18.5. The molecular formula is C27H25ClN2O. The smallest absolute Gasteiger partial charge is 0.255 e. The van der Waals surface area contributed by atoms with E-state index in [-0.39, 0.29) is 11.9 Å². The van der Waals surface area contributed by atoms with E-state index in [4.69, 9.17) is 11.6 Å². The Hall–Kier alpha value is -3.04. The summed E-state index contributed by atoms with van der Waals surface area (Å²) in [4.78, 5) is 19.1. The van der Waals surface area contributed by atoms with Gasteiger partial charge in [-0.3, -0.25) is 4.79 Å². The van der Waals surface area contributed by atoms with Gasteiger partial charge in [0.05, 0.1) is 11.7 Å². The van der Waals surface area contributed by atoms with Crippen LogP contribution in [-0.4, -0.2) is 22.3 Å². The van der Waals surface area contributed by atoms with E-state index in [9.17, 15) is 4.79 Å². The van der Waals surface area contributed by atoms with Gasteiger partial charge in [0.15, 0.2) is 0 Å². The lowest BCUT2D eigenvalue weighted by Gasteiger charge is -2.27. The van der Waals surface area contributed by atoms with Crippen molar-refractivity contribution in [3.8, 4) is 11.3 Å². The summed E-state index contributed by atoms with van der Waals surface area (Å²) in [7, 11) is 0. The number of aromatic amines is 1. The fourth-order valence-corrected chi connectivity index (χ4v) is 4.73. The van der Waals surface area contributed by atoms with Crippen molar-refractivity contribution in [2.75, 3.05) is 6.54 Å². The minimum Gasteiger partial charge on any atom is -0.354 e. The molecule has 3 nitrogen and oxygen atoms in total. The predicted molar refractivity (Wildman–Crippen MR) is 128 cm³/mol. The van der Waals surface area contributed by atoms with E-state index in [1.54, 1.807) is 0 Å². The summed E-state index contributed by atoms with van der Waals surface area (Å²) < 4.78 is 0. The first-order chi connectivity index (χ1) is 15.0. The number of hydrogen-bond acceptors (Lipinski definition) is 1. The third-order valence-corrected chi connectivity index (χ3v) is 6.41. The summed E-state index contributed by atoms with van der Waals surface area (Å²) in [5.74, 6) is 0.643. The second kappa shape index (κ2) is 7.90. The van der Waals surface area contributed by atoms with Crippen LogP contribution in [0.15, 0.2) is 72.8 Å². The number of amides is 1. The van der Waals surface area contributed by atoms with E-state index in [0.29, 0.717) is 10.9 Å². The van der Waals surface area contributed by atoms with Crippen molar-refractivity contribution in [3.05, 3.63) is 94.5 Å². The minimum absolute atomic E-state index is 0.119. The maximum absolute atomic E-state index is 13.4. The second-order valence-corrected chi connectivity index (χ2v) is 9.07. The van der Waals surface area contributed by atoms with Crippen molar-refractivity contribution in [2.24, 2.45) is 5.92 Å². The highest BCUT2D eigenvalue weighted by molar-refractivity contribution is 6.30. The molecule has 1 aromatic heterocycles. The Morgan fingerprint density at radius 1 is 0.968 bits per heavy atom. The molecule has 0 aliphatic carbocycles. The highest BCUT2D eigenvalue weighted by Crippen LogP contribution is 2.45. The summed E-state index contributed by atoms with van der Waals surface area (Å²) >= 11 is 6.16. The molecule has 156 valence electrons. The number of carbonyl (C=O) groups is 1. The van der Waals surface area contributed by atoms with Gasteiger partial charge in [0.2, 0.25) is 0 Å². The van der Waals surface area contributed by atoms with Gasteiger partial charge in [0.1, 0.15) is 0 Å². The van der Waals surface area contributed by atoms with Gasteiger partial charge in [0.25, 0.3) is 5.91 Å². The molecular weight excluding hydrogens is 404 g/mol. The van der Waals surface area contributed by atoms with Crippen molar-refractivity contribution in [1.29, 1.82) is 0 Å². The lowest BCUT2D eigenvalue weighted by Crippen LogP contribution is -2.30. The third kappa shape index (κ3) is 3.43. The van der Waals surface area contributed by atoms with E-state index in [1.165, 1.54) is 0 Å². The van der Waals surface area contributed by atoms with Crippen LogP contribution < -0.4 is 0 Å². The van der Waals surface area contributed by atoms with Crippen molar-refractivity contribution in [3.63, 3.8) is 0 Å². The number of halogens is 1. The molecule has 1 aliphatic rings. The van der Waals surface area contributed by atoms with Crippen molar-refractivity contribution >= 4 is 28.4 Å². The highest BCUT2D eigenvalue weighted by atomic mass is 35.5. The Bertz CT molecular complexity index is 1260. The Morgan fingerprint density at radius 2 is 1.68 bits per heavy atom. The molecule has 0 spiro atoms. The van der Waals surface area contributed by atoms with E-state index in [2.05, 4.69) is 48.0 Å². The van der Waals surface area contributed by atoms with E-state index in [1.807, 2.05) is 48.5 Å². The van der Waals surface area contributed by atoms with Gasteiger partial charge in [-0.1, -0.05) is 74.0 Å². The topological polar surface area (TPSA) is 36.1 Å². The van der Waals surface area contributed by atoms with E-state index < -0.39 is 0 Å². The van der Waals surface area contributed by atoms with Gasteiger partial charge < -0.3 is 9.88 Å². The molecule has 0 bridgehead atoms. The number of H-pyrrole nitrogens is 1. The van der Waals surface area contributed by atoms with Gasteiger partial charge >= 0.3 is 0 Å². The predicted octanol–water partition coefficient (Wildman–Crippen LogP) is 7.08. The summed E-state index contributed by atoms with van der Waals surface area (Å²) in [5, 5.41) is 1.86. The fraction of sp³-hybridized carbons (Fsp3) is 0.222. The Balaban J connectivity index is 1.75. The van der Waals surface area contributed by atoms with Gasteiger partial charge in [-0.25, -0.2) is 0 Å². The van der Waals surface area contributed by atoms with Crippen LogP contribution in [0.3, 0.4) is 0 Å². The number of hydrogen-bond donors (Lipinski definition) is 1. The van der Waals surface area contributed by atoms with Gasteiger partial charge in [-0.2, -0.15) is 0 Å². The van der Waals surface area contributed by atoms with Crippen LogP contribution in [0.1, 0.15) is 47.8 Å². The molecule has 0 radical (unpaired) electrons. The molecule has 5 rings (SSSR count). The van der Waals surface area contributed by atoms with Crippen LogP contribution in [-0.2, 0) is 0 Å². The van der Waals surface area contributed by atoms with Crippen LogP contribution in [0.2, 0.25) is 5.02 Å². The first-order valence-electron chi connectivity index (χ1n) is 10.8. The molecule has 0 unspecified atom stereocenters. The van der Waals surface area contributed by atoms with Crippen molar-refractivity contribution in [2.45, 2.75) is 26.3 Å². The van der Waals surface area contributed by atoms with Crippen LogP contribution in [0.25, 0.3) is 22.2 Å². The second-order valence-electron chi connectivity index (χ2n) is 8.64. The first-order valence-corrected chi connectivity index (χ1v) is 11.2. The van der Waals surface area contributed by atoms with Crippen LogP contribution in [0.5, 0.6) is 0 Å². The molecule has 1 aliphatic heterocycles. The zero-order chi connectivity index (χ0) is 21.5.